The Balaban J connectivity index is 1.61. The number of hydrogen-bond donors (Lipinski definition) is 0. The van der Waals surface area contributed by atoms with Gasteiger partial charge in [-0.05, 0) is 37.5 Å². The van der Waals surface area contributed by atoms with E-state index in [1.54, 1.807) is 18.2 Å². The van der Waals surface area contributed by atoms with Gasteiger partial charge in [0.25, 0.3) is 5.91 Å². The van der Waals surface area contributed by atoms with E-state index in [0.29, 0.717) is 36.1 Å². The number of ether oxygens (including phenoxy) is 2. The lowest BCUT2D eigenvalue weighted by atomic mass is 10.0. The molecule has 132 valence electrons. The van der Waals surface area contributed by atoms with Gasteiger partial charge in [0.15, 0.2) is 17.3 Å². The maximum absolute atomic E-state index is 13.0. The Labute approximate surface area is 146 Å². The van der Waals surface area contributed by atoms with Crippen LogP contribution in [0.2, 0.25) is 0 Å². The van der Waals surface area contributed by atoms with Crippen LogP contribution in [0.25, 0.3) is 0 Å². The number of aryl methyl sites for hydroxylation is 1. The van der Waals surface area contributed by atoms with Crippen LogP contribution in [0, 0.1) is 12.8 Å². The molecule has 0 spiro atoms. The van der Waals surface area contributed by atoms with E-state index in [2.05, 4.69) is 28.6 Å². The average molecular weight is 342 g/mol. The summed E-state index contributed by atoms with van der Waals surface area (Å²) in [4.78, 5) is 14.9. The molecule has 3 heterocycles. The number of nitrogens with zero attached hydrogens (tertiary/aromatic N) is 4. The van der Waals surface area contributed by atoms with Crippen LogP contribution in [-0.4, -0.2) is 38.9 Å². The zero-order valence-electron chi connectivity index (χ0n) is 14.7. The summed E-state index contributed by atoms with van der Waals surface area (Å²) in [5.74, 6) is 3.59. The van der Waals surface area contributed by atoms with Gasteiger partial charge in [-0.1, -0.05) is 13.8 Å². The molecule has 0 bridgehead atoms. The van der Waals surface area contributed by atoms with E-state index < -0.39 is 0 Å². The van der Waals surface area contributed by atoms with Crippen molar-refractivity contribution in [3.8, 4) is 11.5 Å². The molecule has 1 aromatic carbocycles. The van der Waals surface area contributed by atoms with Gasteiger partial charge in [0, 0.05) is 12.1 Å². The molecular formula is C18H22N4O3. The summed E-state index contributed by atoms with van der Waals surface area (Å²) < 4.78 is 12.9. The second-order valence-corrected chi connectivity index (χ2v) is 7.07. The lowest BCUT2D eigenvalue weighted by Crippen LogP contribution is -2.42. The molecule has 1 aromatic heterocycles. The fraction of sp³-hybridized carbons (Fsp3) is 0.500. The second-order valence-electron chi connectivity index (χ2n) is 7.07. The number of hydrogen-bond acceptors (Lipinski definition) is 5. The Bertz CT molecular complexity index is 815. The van der Waals surface area contributed by atoms with Crippen molar-refractivity contribution in [1.29, 1.82) is 0 Å². The first kappa shape index (κ1) is 15.9. The zero-order chi connectivity index (χ0) is 17.6. The molecule has 7 heteroatoms. The smallest absolute Gasteiger partial charge is 0.254 e. The van der Waals surface area contributed by atoms with Crippen molar-refractivity contribution in [1.82, 2.24) is 19.7 Å². The van der Waals surface area contributed by atoms with Gasteiger partial charge in [-0.2, -0.15) is 0 Å². The first-order valence-corrected chi connectivity index (χ1v) is 8.62. The van der Waals surface area contributed by atoms with Crippen molar-refractivity contribution in [2.75, 3.05) is 13.3 Å². The Morgan fingerprint density at radius 3 is 2.88 bits per heavy atom. The van der Waals surface area contributed by atoms with E-state index in [0.717, 1.165) is 18.1 Å². The van der Waals surface area contributed by atoms with Gasteiger partial charge >= 0.3 is 0 Å². The van der Waals surface area contributed by atoms with Gasteiger partial charge in [0.1, 0.15) is 5.82 Å². The molecule has 2 aliphatic heterocycles. The summed E-state index contributed by atoms with van der Waals surface area (Å²) in [6, 6.07) is 5.54. The third-order valence-electron chi connectivity index (χ3n) is 4.72. The van der Waals surface area contributed by atoms with Crippen LogP contribution in [0.15, 0.2) is 18.2 Å². The van der Waals surface area contributed by atoms with Crippen molar-refractivity contribution in [3.63, 3.8) is 0 Å². The van der Waals surface area contributed by atoms with Gasteiger partial charge < -0.3 is 18.9 Å². The molecule has 0 saturated heterocycles. The molecule has 25 heavy (non-hydrogen) atoms. The van der Waals surface area contributed by atoms with E-state index in [-0.39, 0.29) is 18.7 Å². The zero-order valence-corrected chi connectivity index (χ0v) is 14.7. The SMILES string of the molecule is Cc1nnc2n1[C@@H](CC(C)C)CN(C(=O)c1ccc3c(c1)OCO3)C2. The fourth-order valence-electron chi connectivity index (χ4n) is 3.66. The highest BCUT2D eigenvalue weighted by molar-refractivity contribution is 5.95. The maximum Gasteiger partial charge on any atom is 0.254 e. The number of carbonyl (C=O) groups excluding carboxylic acids is 1. The molecule has 1 atom stereocenters. The van der Waals surface area contributed by atoms with Gasteiger partial charge in [0.2, 0.25) is 6.79 Å². The van der Waals surface area contributed by atoms with Crippen LogP contribution in [0.1, 0.15) is 48.3 Å². The molecule has 0 radical (unpaired) electrons. The Hall–Kier alpha value is -2.57. The molecule has 0 aliphatic carbocycles. The second kappa shape index (κ2) is 6.06. The summed E-state index contributed by atoms with van der Waals surface area (Å²) in [7, 11) is 0. The Morgan fingerprint density at radius 2 is 2.08 bits per heavy atom. The minimum atomic E-state index is -0.0149. The highest BCUT2D eigenvalue weighted by Gasteiger charge is 2.31. The van der Waals surface area contributed by atoms with Crippen LogP contribution >= 0.6 is 0 Å². The lowest BCUT2D eigenvalue weighted by molar-refractivity contribution is 0.0660. The van der Waals surface area contributed by atoms with Gasteiger partial charge in [0.05, 0.1) is 12.6 Å². The molecule has 2 aliphatic rings. The molecule has 0 N–H and O–H groups in total. The number of fused-ring (bicyclic) bond motifs is 2. The van der Waals surface area contributed by atoms with Crippen molar-refractivity contribution in [3.05, 3.63) is 35.4 Å². The summed E-state index contributed by atoms with van der Waals surface area (Å²) >= 11 is 0. The van der Waals surface area contributed by atoms with Crippen LogP contribution in [0.5, 0.6) is 11.5 Å². The maximum atomic E-state index is 13.0. The van der Waals surface area contributed by atoms with Crippen LogP contribution in [0.4, 0.5) is 0 Å². The van der Waals surface area contributed by atoms with E-state index in [9.17, 15) is 4.79 Å². The Kier molecular flexibility index (Phi) is 3.86. The predicted molar refractivity (Wildman–Crippen MR) is 90.6 cm³/mol. The third-order valence-corrected chi connectivity index (χ3v) is 4.72. The molecule has 7 nitrogen and oxygen atoms in total. The summed E-state index contributed by atoms with van der Waals surface area (Å²) in [5, 5.41) is 8.48. The van der Waals surface area contributed by atoms with E-state index in [4.69, 9.17) is 9.47 Å². The van der Waals surface area contributed by atoms with Crippen LogP contribution < -0.4 is 9.47 Å². The molecule has 0 saturated carbocycles. The topological polar surface area (TPSA) is 69.5 Å². The third kappa shape index (κ3) is 2.83. The molecule has 0 unspecified atom stereocenters. The lowest BCUT2D eigenvalue weighted by Gasteiger charge is -2.35. The number of aromatic nitrogens is 3. The number of rotatable bonds is 3. The fourth-order valence-corrected chi connectivity index (χ4v) is 3.66. The number of carbonyl (C=O) groups is 1. The summed E-state index contributed by atoms with van der Waals surface area (Å²) in [6.07, 6.45) is 0.983. The van der Waals surface area contributed by atoms with Crippen molar-refractivity contribution >= 4 is 5.91 Å². The first-order valence-electron chi connectivity index (χ1n) is 8.62. The average Bonchev–Trinajstić information content (AvgIpc) is 3.19. The first-order chi connectivity index (χ1) is 12.0. The minimum absolute atomic E-state index is 0.0149. The van der Waals surface area contributed by atoms with Gasteiger partial charge in [-0.3, -0.25) is 4.79 Å². The van der Waals surface area contributed by atoms with Crippen LogP contribution in [0.3, 0.4) is 0 Å². The minimum Gasteiger partial charge on any atom is -0.454 e. The van der Waals surface area contributed by atoms with Gasteiger partial charge in [-0.15, -0.1) is 10.2 Å². The standard InChI is InChI=1S/C18H22N4O3/c1-11(2)6-14-8-21(9-17-20-19-12(3)22(14)17)18(23)13-4-5-15-16(7-13)25-10-24-15/h4-5,7,11,14H,6,8-10H2,1-3H3/t14-/m0/s1. The highest BCUT2D eigenvalue weighted by atomic mass is 16.7. The summed E-state index contributed by atoms with van der Waals surface area (Å²) in [5.41, 5.74) is 0.609. The van der Waals surface area contributed by atoms with E-state index in [1.165, 1.54) is 0 Å². The Morgan fingerprint density at radius 1 is 1.28 bits per heavy atom. The highest BCUT2D eigenvalue weighted by Crippen LogP contribution is 2.34. The van der Waals surface area contributed by atoms with E-state index in [1.807, 2.05) is 11.8 Å². The number of benzene rings is 1. The van der Waals surface area contributed by atoms with Gasteiger partial charge in [-0.25, -0.2) is 0 Å². The molecule has 4 rings (SSSR count). The monoisotopic (exact) mass is 342 g/mol. The van der Waals surface area contributed by atoms with Crippen LogP contribution in [-0.2, 0) is 6.54 Å². The largest absolute Gasteiger partial charge is 0.454 e. The summed E-state index contributed by atoms with van der Waals surface area (Å²) in [6.45, 7) is 7.70. The molecule has 1 amide bonds. The molecule has 2 aromatic rings. The normalized spacial score (nSPS) is 18.6. The van der Waals surface area contributed by atoms with Crippen molar-refractivity contribution in [2.24, 2.45) is 5.92 Å². The molecular weight excluding hydrogens is 320 g/mol. The van der Waals surface area contributed by atoms with Crippen molar-refractivity contribution in [2.45, 2.75) is 39.8 Å². The van der Waals surface area contributed by atoms with E-state index >= 15 is 0 Å². The predicted octanol–water partition coefficient (Wildman–Crippen LogP) is 2.56. The van der Waals surface area contributed by atoms with Crippen molar-refractivity contribution < 1.29 is 14.3 Å². The molecule has 0 fully saturated rings. The number of amides is 1. The quantitative estimate of drug-likeness (QED) is 0.857.